The van der Waals surface area contributed by atoms with Gasteiger partial charge in [0.15, 0.2) is 5.96 Å². The highest BCUT2D eigenvalue weighted by Gasteiger charge is 2.13. The average molecular weight is 392 g/mol. The zero-order valence-corrected chi connectivity index (χ0v) is 18.5. The van der Waals surface area contributed by atoms with Gasteiger partial charge >= 0.3 is 0 Å². The molecule has 1 aromatic carbocycles. The van der Waals surface area contributed by atoms with Crippen LogP contribution < -0.4 is 15.5 Å². The SMILES string of the molecule is CN=C(NCCN(C(C)C)C(C)C)NCc1ccc(N2CCSCC2)cc1. The number of guanidine groups is 1. The molecular formula is C21H37N5S. The van der Waals surface area contributed by atoms with Gasteiger partial charge in [0.2, 0.25) is 0 Å². The Labute approximate surface area is 170 Å². The number of hydrogen-bond donors (Lipinski definition) is 2. The lowest BCUT2D eigenvalue weighted by Crippen LogP contribution is -2.45. The Hall–Kier alpha value is -1.40. The molecular weight excluding hydrogens is 354 g/mol. The Morgan fingerprint density at radius 3 is 2.26 bits per heavy atom. The number of aliphatic imine (C=N–C) groups is 1. The molecule has 1 aliphatic heterocycles. The topological polar surface area (TPSA) is 42.9 Å². The quantitative estimate of drug-likeness (QED) is 0.527. The van der Waals surface area contributed by atoms with Crippen LogP contribution in [0.1, 0.15) is 33.3 Å². The van der Waals surface area contributed by atoms with Crippen molar-refractivity contribution < 1.29 is 0 Å². The van der Waals surface area contributed by atoms with Crippen molar-refractivity contribution in [1.82, 2.24) is 15.5 Å². The molecule has 2 N–H and O–H groups in total. The molecule has 27 heavy (non-hydrogen) atoms. The average Bonchev–Trinajstić information content (AvgIpc) is 2.68. The first kappa shape index (κ1) is 21.9. The third kappa shape index (κ3) is 7.26. The Bertz CT molecular complexity index is 556. The van der Waals surface area contributed by atoms with Crippen molar-refractivity contribution in [1.29, 1.82) is 0 Å². The lowest BCUT2D eigenvalue weighted by atomic mass is 10.2. The molecule has 0 unspecified atom stereocenters. The van der Waals surface area contributed by atoms with Crippen LogP contribution in [-0.4, -0.2) is 67.7 Å². The molecule has 0 amide bonds. The summed E-state index contributed by atoms with van der Waals surface area (Å²) in [5.74, 6) is 3.33. The predicted octanol–water partition coefficient (Wildman–Crippen LogP) is 3.02. The summed E-state index contributed by atoms with van der Waals surface area (Å²) in [4.78, 5) is 9.31. The Kier molecular flexibility index (Phi) is 9.28. The van der Waals surface area contributed by atoms with Gasteiger partial charge in [0.25, 0.3) is 0 Å². The molecule has 5 nitrogen and oxygen atoms in total. The summed E-state index contributed by atoms with van der Waals surface area (Å²) in [5, 5.41) is 6.85. The number of rotatable bonds is 8. The van der Waals surface area contributed by atoms with Crippen molar-refractivity contribution >= 4 is 23.4 Å². The van der Waals surface area contributed by atoms with Crippen LogP contribution in [0.25, 0.3) is 0 Å². The normalized spacial score (nSPS) is 15.7. The summed E-state index contributed by atoms with van der Waals surface area (Å²) in [6.07, 6.45) is 0. The molecule has 1 aliphatic rings. The molecule has 1 heterocycles. The van der Waals surface area contributed by atoms with Crippen molar-refractivity contribution in [3.8, 4) is 0 Å². The van der Waals surface area contributed by atoms with Crippen LogP contribution in [0.5, 0.6) is 0 Å². The highest BCUT2D eigenvalue weighted by Crippen LogP contribution is 2.19. The predicted molar refractivity (Wildman–Crippen MR) is 121 cm³/mol. The van der Waals surface area contributed by atoms with Gasteiger partial charge in [0, 0.05) is 69.0 Å². The van der Waals surface area contributed by atoms with Gasteiger partial charge in [-0.2, -0.15) is 11.8 Å². The highest BCUT2D eigenvalue weighted by atomic mass is 32.2. The Morgan fingerprint density at radius 2 is 1.70 bits per heavy atom. The van der Waals surface area contributed by atoms with Crippen LogP contribution in [0.4, 0.5) is 5.69 Å². The first-order valence-corrected chi connectivity index (χ1v) is 11.3. The fourth-order valence-corrected chi connectivity index (χ4v) is 4.37. The van der Waals surface area contributed by atoms with E-state index in [9.17, 15) is 0 Å². The van der Waals surface area contributed by atoms with E-state index < -0.39 is 0 Å². The van der Waals surface area contributed by atoms with Gasteiger partial charge < -0.3 is 15.5 Å². The molecule has 6 heteroatoms. The maximum Gasteiger partial charge on any atom is 0.191 e. The minimum Gasteiger partial charge on any atom is -0.370 e. The van der Waals surface area contributed by atoms with E-state index in [1.807, 2.05) is 18.8 Å². The van der Waals surface area contributed by atoms with Gasteiger partial charge in [-0.3, -0.25) is 9.89 Å². The summed E-state index contributed by atoms with van der Waals surface area (Å²) in [5.41, 5.74) is 2.61. The first-order valence-electron chi connectivity index (χ1n) is 10.1. The number of hydrogen-bond acceptors (Lipinski definition) is 4. The molecule has 0 bridgehead atoms. The van der Waals surface area contributed by atoms with E-state index in [1.54, 1.807) is 0 Å². The summed E-state index contributed by atoms with van der Waals surface area (Å²) >= 11 is 2.05. The third-order valence-corrected chi connectivity index (χ3v) is 5.93. The van der Waals surface area contributed by atoms with Gasteiger partial charge in [-0.15, -0.1) is 0 Å². The van der Waals surface area contributed by atoms with E-state index in [0.717, 1.165) is 38.7 Å². The van der Waals surface area contributed by atoms with Gasteiger partial charge in [0.05, 0.1) is 0 Å². The molecule has 1 fully saturated rings. The van der Waals surface area contributed by atoms with E-state index in [0.29, 0.717) is 12.1 Å². The zero-order valence-electron chi connectivity index (χ0n) is 17.7. The van der Waals surface area contributed by atoms with Crippen LogP contribution in [0.3, 0.4) is 0 Å². The molecule has 0 aliphatic carbocycles. The zero-order chi connectivity index (χ0) is 19.6. The molecule has 2 rings (SSSR count). The minimum atomic E-state index is 0.554. The van der Waals surface area contributed by atoms with Gasteiger partial charge in [-0.1, -0.05) is 12.1 Å². The minimum absolute atomic E-state index is 0.554. The maximum absolute atomic E-state index is 4.35. The smallest absolute Gasteiger partial charge is 0.191 e. The maximum atomic E-state index is 4.35. The molecule has 1 aromatic rings. The summed E-state index contributed by atoms with van der Waals surface area (Å²) in [7, 11) is 1.83. The van der Waals surface area contributed by atoms with E-state index in [1.165, 1.54) is 22.8 Å². The number of nitrogens with one attached hydrogen (secondary N) is 2. The van der Waals surface area contributed by atoms with E-state index in [-0.39, 0.29) is 0 Å². The lowest BCUT2D eigenvalue weighted by Gasteiger charge is -2.30. The number of anilines is 1. The second-order valence-electron chi connectivity index (χ2n) is 7.54. The van der Waals surface area contributed by atoms with Crippen LogP contribution >= 0.6 is 11.8 Å². The van der Waals surface area contributed by atoms with E-state index in [4.69, 9.17) is 0 Å². The van der Waals surface area contributed by atoms with Crippen molar-refractivity contribution in [3.05, 3.63) is 29.8 Å². The summed E-state index contributed by atoms with van der Waals surface area (Å²) < 4.78 is 0. The van der Waals surface area contributed by atoms with E-state index in [2.05, 4.69) is 77.4 Å². The monoisotopic (exact) mass is 391 g/mol. The molecule has 152 valence electrons. The van der Waals surface area contributed by atoms with Gasteiger partial charge in [0.1, 0.15) is 0 Å². The second kappa shape index (κ2) is 11.4. The molecule has 0 radical (unpaired) electrons. The van der Waals surface area contributed by atoms with Crippen LogP contribution in [-0.2, 0) is 6.54 Å². The number of thioether (sulfide) groups is 1. The van der Waals surface area contributed by atoms with E-state index >= 15 is 0 Å². The lowest BCUT2D eigenvalue weighted by molar-refractivity contribution is 0.178. The van der Waals surface area contributed by atoms with Crippen molar-refractivity contribution in [3.63, 3.8) is 0 Å². The second-order valence-corrected chi connectivity index (χ2v) is 8.77. The summed E-state index contributed by atoms with van der Waals surface area (Å²) in [6.45, 7) is 14.0. The highest BCUT2D eigenvalue weighted by molar-refractivity contribution is 7.99. The Morgan fingerprint density at radius 1 is 1.07 bits per heavy atom. The van der Waals surface area contributed by atoms with Gasteiger partial charge in [-0.05, 0) is 45.4 Å². The third-order valence-electron chi connectivity index (χ3n) is 4.99. The fourth-order valence-electron chi connectivity index (χ4n) is 3.47. The van der Waals surface area contributed by atoms with Crippen molar-refractivity contribution in [2.75, 3.05) is 49.6 Å². The van der Waals surface area contributed by atoms with Crippen LogP contribution in [0.2, 0.25) is 0 Å². The molecule has 0 spiro atoms. The Balaban J connectivity index is 1.76. The molecule has 1 saturated heterocycles. The van der Waals surface area contributed by atoms with Crippen molar-refractivity contribution in [2.45, 2.75) is 46.3 Å². The van der Waals surface area contributed by atoms with Crippen molar-refractivity contribution in [2.24, 2.45) is 4.99 Å². The van der Waals surface area contributed by atoms with Crippen LogP contribution in [0, 0.1) is 0 Å². The molecule has 0 atom stereocenters. The summed E-state index contributed by atoms with van der Waals surface area (Å²) in [6, 6.07) is 10.0. The van der Waals surface area contributed by atoms with Crippen LogP contribution in [0.15, 0.2) is 29.3 Å². The number of benzene rings is 1. The number of nitrogens with zero attached hydrogens (tertiary/aromatic N) is 3. The standard InChI is InChI=1S/C21H37N5S/c1-17(2)26(18(3)4)11-10-23-21(22-5)24-16-19-6-8-20(9-7-19)25-12-14-27-15-13-25/h6-9,17-18H,10-16H2,1-5H3,(H2,22,23,24). The molecule has 0 aromatic heterocycles. The largest absolute Gasteiger partial charge is 0.370 e. The first-order chi connectivity index (χ1) is 13.0. The molecule has 0 saturated carbocycles. The fraction of sp³-hybridized carbons (Fsp3) is 0.667. The van der Waals surface area contributed by atoms with Gasteiger partial charge in [-0.25, -0.2) is 0 Å².